The van der Waals surface area contributed by atoms with E-state index in [-0.39, 0.29) is 5.91 Å². The van der Waals surface area contributed by atoms with Crippen molar-refractivity contribution >= 4 is 22.6 Å². The summed E-state index contributed by atoms with van der Waals surface area (Å²) in [6, 6.07) is 13.9. The van der Waals surface area contributed by atoms with Crippen LogP contribution in [-0.4, -0.2) is 53.6 Å². The molecule has 0 saturated carbocycles. The van der Waals surface area contributed by atoms with E-state index in [1.54, 1.807) is 7.11 Å². The quantitative estimate of drug-likeness (QED) is 0.700. The highest BCUT2D eigenvalue weighted by Gasteiger charge is 2.23. The molecule has 0 atom stereocenters. The number of carbonyl (C=O) groups excluding carboxylic acids is 1. The van der Waals surface area contributed by atoms with Crippen molar-refractivity contribution in [2.75, 3.05) is 38.2 Å². The van der Waals surface area contributed by atoms with E-state index in [0.29, 0.717) is 18.7 Å². The zero-order valence-electron chi connectivity index (χ0n) is 16.7. The summed E-state index contributed by atoms with van der Waals surface area (Å²) < 4.78 is 7.32. The molecule has 0 aliphatic carbocycles. The van der Waals surface area contributed by atoms with Gasteiger partial charge in [0, 0.05) is 50.9 Å². The number of hydrogen-bond acceptors (Lipinski definition) is 4. The van der Waals surface area contributed by atoms with Gasteiger partial charge in [0.15, 0.2) is 0 Å². The van der Waals surface area contributed by atoms with Crippen LogP contribution in [0.2, 0.25) is 0 Å². The molecule has 1 fully saturated rings. The Balaban J connectivity index is 1.45. The van der Waals surface area contributed by atoms with E-state index in [2.05, 4.69) is 33.5 Å². The molecular weight excluding hydrogens is 352 g/mol. The smallest absolute Gasteiger partial charge is 0.254 e. The molecule has 1 saturated heterocycles. The van der Waals surface area contributed by atoms with Gasteiger partial charge >= 0.3 is 0 Å². The summed E-state index contributed by atoms with van der Waals surface area (Å²) in [4.78, 5) is 21.9. The fraction of sp³-hybridized carbons (Fsp3) is 0.364. The summed E-state index contributed by atoms with van der Waals surface area (Å²) in [7, 11) is 3.69. The summed E-state index contributed by atoms with van der Waals surface area (Å²) in [5.41, 5.74) is 3.83. The Labute approximate surface area is 165 Å². The molecular formula is C22H26N4O2. The highest BCUT2D eigenvalue weighted by Crippen LogP contribution is 2.22. The average molecular weight is 378 g/mol. The first-order valence-corrected chi connectivity index (χ1v) is 9.74. The number of aryl methyl sites for hydroxylation is 2. The zero-order chi connectivity index (χ0) is 19.7. The molecule has 146 valence electrons. The Morgan fingerprint density at radius 1 is 1.07 bits per heavy atom. The Morgan fingerprint density at radius 2 is 1.79 bits per heavy atom. The molecule has 6 heteroatoms. The number of anilines is 1. The Hall–Kier alpha value is -3.02. The van der Waals surface area contributed by atoms with Crippen LogP contribution in [0.4, 0.5) is 5.69 Å². The highest BCUT2D eigenvalue weighted by molar-refractivity contribution is 5.97. The normalized spacial score (nSPS) is 14.5. The Kier molecular flexibility index (Phi) is 4.94. The van der Waals surface area contributed by atoms with Crippen LogP contribution in [0.5, 0.6) is 5.75 Å². The van der Waals surface area contributed by atoms with Crippen molar-refractivity contribution in [1.29, 1.82) is 0 Å². The maximum absolute atomic E-state index is 13.0. The number of nitrogens with zero attached hydrogens (tertiary/aromatic N) is 4. The second-order valence-electron chi connectivity index (χ2n) is 7.12. The molecule has 3 aromatic rings. The van der Waals surface area contributed by atoms with Gasteiger partial charge in [-0.05, 0) is 42.5 Å². The van der Waals surface area contributed by atoms with Gasteiger partial charge in [0.2, 0.25) is 0 Å². The summed E-state index contributed by atoms with van der Waals surface area (Å²) in [5.74, 6) is 1.97. The third-order valence-corrected chi connectivity index (χ3v) is 5.54. The van der Waals surface area contributed by atoms with Crippen molar-refractivity contribution in [3.05, 3.63) is 53.9 Å². The first-order chi connectivity index (χ1) is 13.6. The molecule has 0 N–H and O–H groups in total. The number of benzene rings is 2. The van der Waals surface area contributed by atoms with Crippen molar-refractivity contribution in [1.82, 2.24) is 14.5 Å². The van der Waals surface area contributed by atoms with Crippen molar-refractivity contribution in [3.8, 4) is 5.75 Å². The summed E-state index contributed by atoms with van der Waals surface area (Å²) in [5, 5.41) is 0. The standard InChI is InChI=1S/C22H26N4O2/c1-4-21-23-19-15-16(5-10-20(19)24(21)2)22(27)26-13-11-25(12-14-26)17-6-8-18(28-3)9-7-17/h5-10,15H,4,11-14H2,1-3H3. The first kappa shape index (κ1) is 18.3. The van der Waals surface area contributed by atoms with Crippen LogP contribution in [0.25, 0.3) is 11.0 Å². The number of rotatable bonds is 4. The van der Waals surface area contributed by atoms with Gasteiger partial charge in [-0.15, -0.1) is 0 Å². The van der Waals surface area contributed by atoms with Gasteiger partial charge in [-0.3, -0.25) is 4.79 Å². The number of fused-ring (bicyclic) bond motifs is 1. The maximum Gasteiger partial charge on any atom is 0.254 e. The summed E-state index contributed by atoms with van der Waals surface area (Å²) in [6.45, 7) is 5.17. The van der Waals surface area contributed by atoms with Gasteiger partial charge in [0.05, 0.1) is 18.1 Å². The first-order valence-electron chi connectivity index (χ1n) is 9.74. The Morgan fingerprint density at radius 3 is 2.43 bits per heavy atom. The predicted octanol–water partition coefficient (Wildman–Crippen LogP) is 3.11. The van der Waals surface area contributed by atoms with Gasteiger partial charge in [-0.25, -0.2) is 4.98 Å². The minimum Gasteiger partial charge on any atom is -0.497 e. The maximum atomic E-state index is 13.0. The van der Waals surface area contributed by atoms with Crippen LogP contribution >= 0.6 is 0 Å². The molecule has 28 heavy (non-hydrogen) atoms. The summed E-state index contributed by atoms with van der Waals surface area (Å²) >= 11 is 0. The number of carbonyl (C=O) groups is 1. The molecule has 0 radical (unpaired) electrons. The lowest BCUT2D eigenvalue weighted by atomic mass is 10.1. The van der Waals surface area contributed by atoms with E-state index in [1.165, 1.54) is 0 Å². The predicted molar refractivity (Wildman–Crippen MR) is 111 cm³/mol. The monoisotopic (exact) mass is 378 g/mol. The average Bonchev–Trinajstić information content (AvgIpc) is 3.08. The van der Waals surface area contributed by atoms with Crippen LogP contribution in [0.3, 0.4) is 0 Å². The second kappa shape index (κ2) is 7.54. The van der Waals surface area contributed by atoms with E-state index in [4.69, 9.17) is 4.74 Å². The second-order valence-corrected chi connectivity index (χ2v) is 7.12. The lowest BCUT2D eigenvalue weighted by Crippen LogP contribution is -2.48. The van der Waals surface area contributed by atoms with Crippen LogP contribution in [0.1, 0.15) is 23.1 Å². The van der Waals surface area contributed by atoms with Gasteiger partial charge in [-0.2, -0.15) is 0 Å². The lowest BCUT2D eigenvalue weighted by molar-refractivity contribution is 0.0747. The molecule has 6 nitrogen and oxygen atoms in total. The molecule has 0 bridgehead atoms. The fourth-order valence-corrected chi connectivity index (χ4v) is 3.84. The number of hydrogen-bond donors (Lipinski definition) is 0. The SMILES string of the molecule is CCc1nc2cc(C(=O)N3CCN(c4ccc(OC)cc4)CC3)ccc2n1C. The molecule has 0 unspecified atom stereocenters. The van der Waals surface area contributed by atoms with Crippen molar-refractivity contribution < 1.29 is 9.53 Å². The Bertz CT molecular complexity index is 986. The minimum absolute atomic E-state index is 0.0833. The topological polar surface area (TPSA) is 50.6 Å². The van der Waals surface area contributed by atoms with Gasteiger partial charge in [0.25, 0.3) is 5.91 Å². The molecule has 1 aliphatic rings. The van der Waals surface area contributed by atoms with E-state index in [9.17, 15) is 4.79 Å². The third kappa shape index (κ3) is 3.30. The van der Waals surface area contributed by atoms with Gasteiger partial charge in [-0.1, -0.05) is 6.92 Å². The van der Waals surface area contributed by atoms with Crippen molar-refractivity contribution in [2.45, 2.75) is 13.3 Å². The largest absolute Gasteiger partial charge is 0.497 e. The van der Waals surface area contributed by atoms with E-state index in [0.717, 1.165) is 47.8 Å². The molecule has 2 heterocycles. The number of piperazine rings is 1. The van der Waals surface area contributed by atoms with Crippen LogP contribution in [0.15, 0.2) is 42.5 Å². The van der Waals surface area contributed by atoms with Crippen LogP contribution in [0, 0.1) is 0 Å². The third-order valence-electron chi connectivity index (χ3n) is 5.54. The minimum atomic E-state index is 0.0833. The van der Waals surface area contributed by atoms with E-state index < -0.39 is 0 Å². The number of amides is 1. The highest BCUT2D eigenvalue weighted by atomic mass is 16.5. The van der Waals surface area contributed by atoms with Crippen molar-refractivity contribution in [2.24, 2.45) is 7.05 Å². The van der Waals surface area contributed by atoms with Crippen molar-refractivity contribution in [3.63, 3.8) is 0 Å². The molecule has 1 aromatic heterocycles. The molecule has 1 amide bonds. The number of methoxy groups -OCH3 is 1. The fourth-order valence-electron chi connectivity index (χ4n) is 3.84. The number of aromatic nitrogens is 2. The van der Waals surface area contributed by atoms with Gasteiger partial charge in [0.1, 0.15) is 11.6 Å². The van der Waals surface area contributed by atoms with Crippen LogP contribution in [-0.2, 0) is 13.5 Å². The molecule has 2 aromatic carbocycles. The number of imidazole rings is 1. The molecule has 1 aliphatic heterocycles. The molecule has 4 rings (SSSR count). The van der Waals surface area contributed by atoms with E-state index >= 15 is 0 Å². The van der Waals surface area contributed by atoms with Gasteiger partial charge < -0.3 is 19.1 Å². The number of ether oxygens (including phenoxy) is 1. The van der Waals surface area contributed by atoms with E-state index in [1.807, 2.05) is 42.3 Å². The zero-order valence-corrected chi connectivity index (χ0v) is 16.7. The molecule has 0 spiro atoms. The van der Waals surface area contributed by atoms with Crippen LogP contribution < -0.4 is 9.64 Å². The summed E-state index contributed by atoms with van der Waals surface area (Å²) in [6.07, 6.45) is 0.877. The lowest BCUT2D eigenvalue weighted by Gasteiger charge is -2.36.